The van der Waals surface area contributed by atoms with E-state index in [1.807, 2.05) is 13.8 Å². The van der Waals surface area contributed by atoms with Crippen LogP contribution in [0.25, 0.3) is 0 Å². The fraction of sp³-hybridized carbons (Fsp3) is 0.636. The van der Waals surface area contributed by atoms with E-state index in [2.05, 4.69) is 10.4 Å². The molecule has 1 aromatic rings. The van der Waals surface area contributed by atoms with E-state index in [-0.39, 0.29) is 5.91 Å². The van der Waals surface area contributed by atoms with Gasteiger partial charge in [-0.05, 0) is 13.3 Å². The number of aliphatic hydroxyl groups excluding tert-OH is 1. The molecule has 5 heteroatoms. The van der Waals surface area contributed by atoms with Crippen molar-refractivity contribution < 1.29 is 9.90 Å². The Bertz CT molecular complexity index is 336. The molecule has 0 aromatic carbocycles. The lowest BCUT2D eigenvalue weighted by atomic mass is 10.2. The summed E-state index contributed by atoms with van der Waals surface area (Å²) in [4.78, 5) is 11.6. The zero-order valence-electron chi connectivity index (χ0n) is 9.81. The van der Waals surface area contributed by atoms with E-state index in [4.69, 9.17) is 0 Å². The molecule has 1 atom stereocenters. The minimum atomic E-state index is -0.463. The molecule has 1 aromatic heterocycles. The van der Waals surface area contributed by atoms with Crippen molar-refractivity contribution in [2.45, 2.75) is 39.3 Å². The predicted octanol–water partition coefficient (Wildman–Crippen LogP) is 0.794. The molecule has 0 aliphatic heterocycles. The summed E-state index contributed by atoms with van der Waals surface area (Å²) < 4.78 is 1.69. The Hall–Kier alpha value is -1.36. The lowest BCUT2D eigenvalue weighted by Crippen LogP contribution is -2.31. The maximum absolute atomic E-state index is 11.6. The van der Waals surface area contributed by atoms with Gasteiger partial charge in [0.15, 0.2) is 0 Å². The van der Waals surface area contributed by atoms with Gasteiger partial charge in [0, 0.05) is 19.3 Å². The number of nitrogens with one attached hydrogen (secondary N) is 1. The van der Waals surface area contributed by atoms with Crippen LogP contribution >= 0.6 is 0 Å². The Balaban J connectivity index is 2.40. The molecular formula is C11H19N3O2. The van der Waals surface area contributed by atoms with Crippen molar-refractivity contribution in [1.82, 2.24) is 15.1 Å². The van der Waals surface area contributed by atoms with Crippen LogP contribution in [-0.2, 0) is 6.54 Å². The van der Waals surface area contributed by atoms with Crippen molar-refractivity contribution >= 4 is 5.91 Å². The first-order chi connectivity index (χ1) is 7.67. The summed E-state index contributed by atoms with van der Waals surface area (Å²) in [5, 5.41) is 16.2. The summed E-state index contributed by atoms with van der Waals surface area (Å²) in [6.45, 7) is 4.99. The normalized spacial score (nSPS) is 12.4. The second-order valence-electron chi connectivity index (χ2n) is 3.74. The van der Waals surface area contributed by atoms with Gasteiger partial charge in [-0.15, -0.1) is 0 Å². The number of carbonyl (C=O) groups excluding carboxylic acids is 1. The maximum atomic E-state index is 11.6. The smallest absolute Gasteiger partial charge is 0.254 e. The quantitative estimate of drug-likeness (QED) is 0.752. The Kier molecular flexibility index (Phi) is 4.98. The number of aryl methyl sites for hydroxylation is 1. The van der Waals surface area contributed by atoms with Gasteiger partial charge in [-0.1, -0.05) is 13.3 Å². The minimum Gasteiger partial charge on any atom is -0.391 e. The van der Waals surface area contributed by atoms with Gasteiger partial charge in [-0.25, -0.2) is 0 Å². The van der Waals surface area contributed by atoms with Gasteiger partial charge in [-0.2, -0.15) is 5.10 Å². The van der Waals surface area contributed by atoms with E-state index in [1.54, 1.807) is 10.9 Å². The van der Waals surface area contributed by atoms with Crippen LogP contribution in [0.4, 0.5) is 0 Å². The van der Waals surface area contributed by atoms with E-state index >= 15 is 0 Å². The van der Waals surface area contributed by atoms with Crippen LogP contribution in [0.5, 0.6) is 0 Å². The number of hydrogen-bond acceptors (Lipinski definition) is 3. The van der Waals surface area contributed by atoms with Crippen molar-refractivity contribution in [3.05, 3.63) is 18.0 Å². The highest BCUT2D eigenvalue weighted by Crippen LogP contribution is 1.99. The topological polar surface area (TPSA) is 67.2 Å². The molecule has 0 saturated carbocycles. The van der Waals surface area contributed by atoms with Gasteiger partial charge in [0.1, 0.15) is 0 Å². The summed E-state index contributed by atoms with van der Waals surface area (Å²) in [5.41, 5.74) is 0.533. The molecule has 0 aliphatic carbocycles. The molecule has 0 radical (unpaired) electrons. The Morgan fingerprint density at radius 3 is 2.94 bits per heavy atom. The number of aliphatic hydroxyl groups is 1. The van der Waals surface area contributed by atoms with E-state index in [9.17, 15) is 9.90 Å². The monoisotopic (exact) mass is 225 g/mol. The third-order valence-electron chi connectivity index (χ3n) is 2.34. The summed E-state index contributed by atoms with van der Waals surface area (Å²) in [6.07, 6.45) is 4.38. The molecule has 2 N–H and O–H groups in total. The Morgan fingerprint density at radius 2 is 2.38 bits per heavy atom. The molecule has 1 amide bonds. The van der Waals surface area contributed by atoms with E-state index < -0.39 is 6.10 Å². The largest absolute Gasteiger partial charge is 0.391 e. The van der Waals surface area contributed by atoms with Crippen LogP contribution in [0.15, 0.2) is 12.4 Å². The van der Waals surface area contributed by atoms with Crippen molar-refractivity contribution in [2.24, 2.45) is 0 Å². The van der Waals surface area contributed by atoms with Crippen molar-refractivity contribution in [3.63, 3.8) is 0 Å². The van der Waals surface area contributed by atoms with Crippen LogP contribution in [0.1, 0.15) is 37.0 Å². The molecular weight excluding hydrogens is 206 g/mol. The van der Waals surface area contributed by atoms with E-state index in [1.165, 1.54) is 6.20 Å². The highest BCUT2D eigenvalue weighted by Gasteiger charge is 2.09. The molecule has 0 spiro atoms. The van der Waals surface area contributed by atoms with Gasteiger partial charge in [0.2, 0.25) is 0 Å². The van der Waals surface area contributed by atoms with Crippen LogP contribution in [-0.4, -0.2) is 33.4 Å². The van der Waals surface area contributed by atoms with Crippen LogP contribution in [0.3, 0.4) is 0 Å². The first-order valence-corrected chi connectivity index (χ1v) is 5.66. The van der Waals surface area contributed by atoms with Crippen molar-refractivity contribution in [3.8, 4) is 0 Å². The fourth-order valence-corrected chi connectivity index (χ4v) is 1.40. The van der Waals surface area contributed by atoms with Gasteiger partial charge in [0.05, 0.1) is 17.9 Å². The van der Waals surface area contributed by atoms with Gasteiger partial charge < -0.3 is 10.4 Å². The highest BCUT2D eigenvalue weighted by molar-refractivity contribution is 5.93. The number of nitrogens with zero attached hydrogens (tertiary/aromatic N) is 2. The van der Waals surface area contributed by atoms with Crippen LogP contribution < -0.4 is 5.32 Å². The zero-order chi connectivity index (χ0) is 12.0. The second-order valence-corrected chi connectivity index (χ2v) is 3.74. The molecule has 0 saturated heterocycles. The standard InChI is InChI=1S/C11H19N3O2/c1-3-5-10(15)7-12-11(16)9-6-13-14(4-2)8-9/h6,8,10,15H,3-5,7H2,1-2H3,(H,12,16). The first-order valence-electron chi connectivity index (χ1n) is 5.66. The molecule has 0 bridgehead atoms. The summed E-state index contributed by atoms with van der Waals surface area (Å²) in [5.74, 6) is -0.185. The minimum absolute atomic E-state index is 0.185. The molecule has 0 fully saturated rings. The molecule has 5 nitrogen and oxygen atoms in total. The van der Waals surface area contributed by atoms with E-state index in [0.29, 0.717) is 18.5 Å². The molecule has 1 unspecified atom stereocenters. The van der Waals surface area contributed by atoms with Gasteiger partial charge in [0.25, 0.3) is 5.91 Å². The maximum Gasteiger partial charge on any atom is 0.254 e. The average Bonchev–Trinajstić information content (AvgIpc) is 2.75. The van der Waals surface area contributed by atoms with Crippen molar-refractivity contribution in [2.75, 3.05) is 6.54 Å². The third-order valence-corrected chi connectivity index (χ3v) is 2.34. The van der Waals surface area contributed by atoms with Crippen molar-refractivity contribution in [1.29, 1.82) is 0 Å². The molecule has 1 heterocycles. The van der Waals surface area contributed by atoms with Gasteiger partial charge >= 0.3 is 0 Å². The van der Waals surface area contributed by atoms with Gasteiger partial charge in [-0.3, -0.25) is 9.48 Å². The lowest BCUT2D eigenvalue weighted by molar-refractivity contribution is 0.0910. The molecule has 16 heavy (non-hydrogen) atoms. The SMILES string of the molecule is CCCC(O)CNC(=O)c1cnn(CC)c1. The Labute approximate surface area is 95.5 Å². The molecule has 0 aliphatic rings. The fourth-order valence-electron chi connectivity index (χ4n) is 1.40. The zero-order valence-corrected chi connectivity index (χ0v) is 9.81. The average molecular weight is 225 g/mol. The van der Waals surface area contributed by atoms with E-state index in [0.717, 1.165) is 13.0 Å². The number of aromatic nitrogens is 2. The summed E-state index contributed by atoms with van der Waals surface area (Å²) in [6, 6.07) is 0. The number of carbonyl (C=O) groups is 1. The lowest BCUT2D eigenvalue weighted by Gasteiger charge is -2.09. The molecule has 90 valence electrons. The second kappa shape index (κ2) is 6.27. The highest BCUT2D eigenvalue weighted by atomic mass is 16.3. The molecule has 1 rings (SSSR count). The van der Waals surface area contributed by atoms with Crippen LogP contribution in [0.2, 0.25) is 0 Å². The number of hydrogen-bond donors (Lipinski definition) is 2. The first kappa shape index (κ1) is 12.7. The summed E-state index contributed by atoms with van der Waals surface area (Å²) in [7, 11) is 0. The van der Waals surface area contributed by atoms with Crippen LogP contribution in [0, 0.1) is 0 Å². The number of amides is 1. The predicted molar refractivity (Wildman–Crippen MR) is 61.1 cm³/mol. The third kappa shape index (κ3) is 3.66. The summed E-state index contributed by atoms with van der Waals surface area (Å²) >= 11 is 0. The Morgan fingerprint density at radius 1 is 1.62 bits per heavy atom. The number of rotatable bonds is 6.